The lowest BCUT2D eigenvalue weighted by Gasteiger charge is -2.33. The minimum Gasteiger partial charge on any atom is -0.507 e. The summed E-state index contributed by atoms with van der Waals surface area (Å²) in [6.45, 7) is 3.27. The molecule has 9 nitrogen and oxygen atoms in total. The minimum absolute atomic E-state index is 0.0562. The summed E-state index contributed by atoms with van der Waals surface area (Å²) in [5.41, 5.74) is 0.106. The second-order valence-electron chi connectivity index (χ2n) is 6.14. The maximum absolute atomic E-state index is 12.3. The number of aromatic nitrogens is 1. The Hall–Kier alpha value is -3.46. The number of morpholine rings is 1. The minimum atomic E-state index is -1.19. The summed E-state index contributed by atoms with van der Waals surface area (Å²) in [5.74, 6) is -1.17. The molecule has 1 aromatic heterocycles. The Morgan fingerprint density at radius 1 is 1.31 bits per heavy atom. The van der Waals surface area contributed by atoms with Crippen molar-refractivity contribution in [3.63, 3.8) is 0 Å². The fraction of sp³-hybridized carbons (Fsp3) is 0.300. The molecule has 0 aliphatic carbocycles. The molecule has 154 valence electrons. The van der Waals surface area contributed by atoms with E-state index in [-0.39, 0.29) is 34.5 Å². The summed E-state index contributed by atoms with van der Waals surface area (Å²) in [6, 6.07) is 7.65. The van der Waals surface area contributed by atoms with Crippen LogP contribution in [0.25, 0.3) is 0 Å². The molecule has 29 heavy (non-hydrogen) atoms. The fourth-order valence-corrected chi connectivity index (χ4v) is 2.76. The number of carboxylic acids is 1. The van der Waals surface area contributed by atoms with Gasteiger partial charge in [-0.3, -0.25) is 9.59 Å². The standard InChI is InChI=1S/C12H14N2O4.C8H8O3/c1-8-7-18-6-5-14(8)11(15)9-3-2-4-13-10(9)12(16)17;1-11-8-4-2-3-7(10)6(8)5-9/h2-4,8H,5-7H2,1H3,(H,16,17);2-5,10H,1H3. The van der Waals surface area contributed by atoms with E-state index < -0.39 is 5.97 Å². The summed E-state index contributed by atoms with van der Waals surface area (Å²) < 4.78 is 10.1. The van der Waals surface area contributed by atoms with E-state index in [0.717, 1.165) is 0 Å². The van der Waals surface area contributed by atoms with Crippen LogP contribution in [0.3, 0.4) is 0 Å². The van der Waals surface area contributed by atoms with Gasteiger partial charge >= 0.3 is 5.97 Å². The highest BCUT2D eigenvalue weighted by Crippen LogP contribution is 2.24. The molecular weight excluding hydrogens is 380 g/mol. The van der Waals surface area contributed by atoms with Crippen LogP contribution in [0.4, 0.5) is 0 Å². The summed E-state index contributed by atoms with van der Waals surface area (Å²) >= 11 is 0. The van der Waals surface area contributed by atoms with Gasteiger partial charge < -0.3 is 24.6 Å². The number of carbonyl (C=O) groups excluding carboxylic acids is 2. The number of phenols is 1. The molecule has 1 amide bonds. The zero-order chi connectivity index (χ0) is 21.4. The Morgan fingerprint density at radius 2 is 2.07 bits per heavy atom. The van der Waals surface area contributed by atoms with Gasteiger partial charge in [0.05, 0.1) is 37.5 Å². The monoisotopic (exact) mass is 402 g/mol. The Kier molecular flexibility index (Phi) is 7.67. The van der Waals surface area contributed by atoms with Crippen molar-refractivity contribution >= 4 is 18.2 Å². The van der Waals surface area contributed by atoms with Crippen LogP contribution in [-0.2, 0) is 4.74 Å². The second kappa shape index (κ2) is 10.2. The third-order valence-corrected chi connectivity index (χ3v) is 4.25. The number of pyridine rings is 1. The van der Waals surface area contributed by atoms with Crippen molar-refractivity contribution in [3.8, 4) is 11.5 Å². The highest BCUT2D eigenvalue weighted by Gasteiger charge is 2.28. The lowest BCUT2D eigenvalue weighted by Crippen LogP contribution is -2.47. The number of hydrogen-bond donors (Lipinski definition) is 2. The highest BCUT2D eigenvalue weighted by molar-refractivity contribution is 6.03. The van der Waals surface area contributed by atoms with Crippen molar-refractivity contribution in [2.75, 3.05) is 26.9 Å². The Labute approximate surface area is 167 Å². The summed E-state index contributed by atoms with van der Waals surface area (Å²) in [6.07, 6.45) is 1.93. The summed E-state index contributed by atoms with van der Waals surface area (Å²) in [4.78, 5) is 39.1. The number of amides is 1. The molecule has 1 fully saturated rings. The van der Waals surface area contributed by atoms with E-state index in [0.29, 0.717) is 31.8 Å². The van der Waals surface area contributed by atoms with Crippen molar-refractivity contribution < 1.29 is 34.1 Å². The van der Waals surface area contributed by atoms with E-state index in [4.69, 9.17) is 19.7 Å². The zero-order valence-electron chi connectivity index (χ0n) is 16.1. The number of ether oxygens (including phenoxy) is 2. The smallest absolute Gasteiger partial charge is 0.355 e. The van der Waals surface area contributed by atoms with Crippen LogP contribution >= 0.6 is 0 Å². The van der Waals surface area contributed by atoms with E-state index in [2.05, 4.69) is 4.98 Å². The lowest BCUT2D eigenvalue weighted by molar-refractivity contribution is 0.00342. The Balaban J connectivity index is 0.000000234. The third-order valence-electron chi connectivity index (χ3n) is 4.25. The van der Waals surface area contributed by atoms with Crippen LogP contribution in [0.1, 0.15) is 38.1 Å². The van der Waals surface area contributed by atoms with Gasteiger partial charge in [0.25, 0.3) is 5.91 Å². The predicted octanol–water partition coefficient (Wildman–Crippen LogP) is 1.85. The Morgan fingerprint density at radius 3 is 2.66 bits per heavy atom. The number of aldehydes is 1. The number of aromatic hydroxyl groups is 1. The normalized spacial score (nSPS) is 15.7. The number of carboxylic acid groups (broad SMARTS) is 1. The van der Waals surface area contributed by atoms with Gasteiger partial charge in [0.15, 0.2) is 12.0 Å². The van der Waals surface area contributed by atoms with Gasteiger partial charge in [-0.25, -0.2) is 9.78 Å². The molecule has 2 N–H and O–H groups in total. The van der Waals surface area contributed by atoms with Gasteiger partial charge in [-0.2, -0.15) is 0 Å². The molecular formula is C20H22N2O7. The Bertz CT molecular complexity index is 885. The fourth-order valence-electron chi connectivity index (χ4n) is 2.76. The number of benzene rings is 1. The third kappa shape index (κ3) is 5.29. The molecule has 0 saturated carbocycles. The topological polar surface area (TPSA) is 126 Å². The average Bonchev–Trinajstić information content (AvgIpc) is 2.73. The van der Waals surface area contributed by atoms with E-state index in [9.17, 15) is 14.4 Å². The van der Waals surface area contributed by atoms with E-state index in [1.165, 1.54) is 25.4 Å². The molecule has 1 aliphatic heterocycles. The molecule has 1 saturated heterocycles. The van der Waals surface area contributed by atoms with Gasteiger partial charge in [0.1, 0.15) is 11.5 Å². The number of nitrogens with zero attached hydrogens (tertiary/aromatic N) is 2. The predicted molar refractivity (Wildman–Crippen MR) is 103 cm³/mol. The zero-order valence-corrected chi connectivity index (χ0v) is 16.1. The van der Waals surface area contributed by atoms with Crippen molar-refractivity contribution in [3.05, 3.63) is 53.3 Å². The molecule has 2 aromatic rings. The van der Waals surface area contributed by atoms with E-state index in [1.54, 1.807) is 23.1 Å². The van der Waals surface area contributed by atoms with E-state index in [1.807, 2.05) is 6.92 Å². The SMILES string of the molecule is CC1COCCN1C(=O)c1cccnc1C(=O)O.COc1cccc(O)c1C=O. The van der Waals surface area contributed by atoms with Gasteiger partial charge in [-0.15, -0.1) is 0 Å². The quantitative estimate of drug-likeness (QED) is 0.742. The first kappa shape index (κ1) is 21.8. The second-order valence-corrected chi connectivity index (χ2v) is 6.14. The van der Waals surface area contributed by atoms with E-state index >= 15 is 0 Å². The van der Waals surface area contributed by atoms with Crippen molar-refractivity contribution in [1.29, 1.82) is 0 Å². The molecule has 1 unspecified atom stereocenters. The molecule has 3 rings (SSSR count). The number of phenolic OH excluding ortho intramolecular Hbond substituents is 1. The van der Waals surface area contributed by atoms with Crippen LogP contribution in [0.2, 0.25) is 0 Å². The molecule has 2 heterocycles. The average molecular weight is 402 g/mol. The molecule has 0 spiro atoms. The van der Waals surface area contributed by atoms with Crippen molar-refractivity contribution in [2.45, 2.75) is 13.0 Å². The molecule has 1 aliphatic rings. The molecule has 0 bridgehead atoms. The van der Waals surface area contributed by atoms with Gasteiger partial charge in [0.2, 0.25) is 0 Å². The van der Waals surface area contributed by atoms with Crippen LogP contribution in [0.15, 0.2) is 36.5 Å². The summed E-state index contributed by atoms with van der Waals surface area (Å²) in [7, 11) is 1.45. The van der Waals surface area contributed by atoms with Gasteiger partial charge in [-0.1, -0.05) is 6.07 Å². The molecule has 9 heteroatoms. The first-order valence-electron chi connectivity index (χ1n) is 8.78. The maximum Gasteiger partial charge on any atom is 0.355 e. The highest BCUT2D eigenvalue weighted by atomic mass is 16.5. The van der Waals surface area contributed by atoms with Gasteiger partial charge in [0, 0.05) is 12.7 Å². The van der Waals surface area contributed by atoms with Crippen LogP contribution < -0.4 is 4.74 Å². The first-order valence-corrected chi connectivity index (χ1v) is 8.78. The van der Waals surface area contributed by atoms with Crippen molar-refractivity contribution in [2.24, 2.45) is 0 Å². The first-order chi connectivity index (χ1) is 13.9. The molecule has 1 atom stereocenters. The number of aromatic carboxylic acids is 1. The summed E-state index contributed by atoms with van der Waals surface area (Å²) in [5, 5.41) is 18.1. The molecule has 0 radical (unpaired) electrons. The number of rotatable bonds is 4. The number of methoxy groups -OCH3 is 1. The van der Waals surface area contributed by atoms with Crippen LogP contribution in [0, 0.1) is 0 Å². The van der Waals surface area contributed by atoms with Crippen LogP contribution in [-0.4, -0.2) is 71.2 Å². The molecule has 1 aromatic carbocycles. The van der Waals surface area contributed by atoms with Crippen molar-refractivity contribution in [1.82, 2.24) is 9.88 Å². The lowest BCUT2D eigenvalue weighted by atomic mass is 10.1. The maximum atomic E-state index is 12.3. The number of carbonyl (C=O) groups is 3. The number of hydrogen-bond acceptors (Lipinski definition) is 7. The largest absolute Gasteiger partial charge is 0.507 e. The van der Waals surface area contributed by atoms with Gasteiger partial charge in [-0.05, 0) is 31.2 Å². The van der Waals surface area contributed by atoms with Crippen LogP contribution in [0.5, 0.6) is 11.5 Å².